The van der Waals surface area contributed by atoms with Crippen molar-refractivity contribution in [3.05, 3.63) is 30.3 Å². The smallest absolute Gasteiger partial charge is 0.352 e. The highest BCUT2D eigenvalue weighted by molar-refractivity contribution is 5.73. The van der Waals surface area contributed by atoms with Crippen LogP contribution in [-0.4, -0.2) is 13.1 Å². The zero-order valence-electron chi connectivity index (χ0n) is 7.21. The van der Waals surface area contributed by atoms with Gasteiger partial charge in [-0.2, -0.15) is 0 Å². The summed E-state index contributed by atoms with van der Waals surface area (Å²) in [7, 11) is 1.43. The van der Waals surface area contributed by atoms with Gasteiger partial charge in [0.15, 0.2) is 0 Å². The lowest BCUT2D eigenvalue weighted by atomic mass is 10.3. The van der Waals surface area contributed by atoms with E-state index in [2.05, 4.69) is 20.1 Å². The van der Waals surface area contributed by atoms with Crippen LogP contribution in [0.1, 0.15) is 0 Å². The van der Waals surface area contributed by atoms with E-state index < -0.39 is 0 Å². The van der Waals surface area contributed by atoms with Crippen LogP contribution in [0.4, 0.5) is 5.69 Å². The van der Waals surface area contributed by atoms with Crippen LogP contribution in [-0.2, 0) is 4.74 Å². The Bertz CT molecular complexity index is 307. The Labute approximate surface area is 75.9 Å². The van der Waals surface area contributed by atoms with E-state index in [1.807, 2.05) is 30.3 Å². The van der Waals surface area contributed by atoms with Crippen molar-refractivity contribution >= 4 is 11.7 Å². The maximum Gasteiger partial charge on any atom is 0.352 e. The number of rotatable bonds is 1. The van der Waals surface area contributed by atoms with E-state index in [4.69, 9.17) is 5.84 Å². The monoisotopic (exact) mass is 178 g/mol. The van der Waals surface area contributed by atoms with Gasteiger partial charge in [0.25, 0.3) is 0 Å². The van der Waals surface area contributed by atoms with Crippen LogP contribution in [0.5, 0.6) is 0 Å². The first-order chi connectivity index (χ1) is 6.36. The van der Waals surface area contributed by atoms with Crippen LogP contribution in [0.3, 0.4) is 0 Å². The van der Waals surface area contributed by atoms with Crippen LogP contribution < -0.4 is 5.84 Å². The van der Waals surface area contributed by atoms with Crippen molar-refractivity contribution in [3.63, 3.8) is 0 Å². The number of nitrogens with two attached hydrogens (primary N) is 1. The first-order valence-corrected chi connectivity index (χ1v) is 3.65. The molecule has 0 unspecified atom stereocenters. The highest BCUT2D eigenvalue weighted by Crippen LogP contribution is 2.09. The molecule has 0 amide bonds. The molecule has 5 nitrogen and oxygen atoms in total. The molecule has 68 valence electrons. The number of hydrogen-bond acceptors (Lipinski definition) is 4. The van der Waals surface area contributed by atoms with Crippen LogP contribution >= 0.6 is 0 Å². The van der Waals surface area contributed by atoms with Gasteiger partial charge in [0, 0.05) is 0 Å². The van der Waals surface area contributed by atoms with Crippen molar-refractivity contribution in [2.24, 2.45) is 21.2 Å². The Morgan fingerprint density at radius 2 is 2.00 bits per heavy atom. The van der Waals surface area contributed by atoms with Crippen molar-refractivity contribution in [3.8, 4) is 0 Å². The van der Waals surface area contributed by atoms with Crippen LogP contribution in [0.2, 0.25) is 0 Å². The molecule has 0 heterocycles. The third-order valence-corrected chi connectivity index (χ3v) is 1.30. The second-order valence-corrected chi connectivity index (χ2v) is 2.15. The Kier molecular flexibility index (Phi) is 3.44. The van der Waals surface area contributed by atoms with Crippen molar-refractivity contribution in [2.75, 3.05) is 7.11 Å². The minimum Gasteiger partial charge on any atom is -0.465 e. The number of amidine groups is 1. The number of methoxy groups -OCH3 is 1. The van der Waals surface area contributed by atoms with E-state index in [0.29, 0.717) is 0 Å². The van der Waals surface area contributed by atoms with Gasteiger partial charge in [-0.15, -0.1) is 10.2 Å². The van der Waals surface area contributed by atoms with Crippen LogP contribution in [0.15, 0.2) is 45.7 Å². The number of azo groups is 1. The van der Waals surface area contributed by atoms with Crippen molar-refractivity contribution in [1.29, 1.82) is 0 Å². The first kappa shape index (κ1) is 9.18. The summed E-state index contributed by atoms with van der Waals surface area (Å²) in [6.07, 6.45) is 0. The molecule has 0 aromatic heterocycles. The largest absolute Gasteiger partial charge is 0.465 e. The summed E-state index contributed by atoms with van der Waals surface area (Å²) in [5.41, 5.74) is 0.723. The predicted molar refractivity (Wildman–Crippen MR) is 49.6 cm³/mol. The minimum atomic E-state index is 0.0452. The second kappa shape index (κ2) is 4.87. The average Bonchev–Trinajstić information content (AvgIpc) is 2.21. The molecule has 0 spiro atoms. The lowest BCUT2D eigenvalue weighted by Gasteiger charge is -1.93. The van der Waals surface area contributed by atoms with E-state index in [0.717, 1.165) is 5.69 Å². The molecule has 0 aliphatic heterocycles. The summed E-state index contributed by atoms with van der Waals surface area (Å²) in [5, 5.41) is 10.8. The zero-order chi connectivity index (χ0) is 9.52. The number of hydrazone groups is 1. The maximum absolute atomic E-state index is 4.96. The van der Waals surface area contributed by atoms with E-state index >= 15 is 0 Å². The van der Waals surface area contributed by atoms with E-state index in [9.17, 15) is 0 Å². The molecular weight excluding hydrogens is 168 g/mol. The van der Waals surface area contributed by atoms with Gasteiger partial charge in [-0.05, 0) is 12.1 Å². The minimum absolute atomic E-state index is 0.0452. The van der Waals surface area contributed by atoms with E-state index in [1.54, 1.807) is 0 Å². The van der Waals surface area contributed by atoms with E-state index in [1.165, 1.54) is 7.11 Å². The topological polar surface area (TPSA) is 72.3 Å². The number of ether oxygens (including phenoxy) is 1. The Hall–Kier alpha value is -1.91. The second-order valence-electron chi connectivity index (χ2n) is 2.15. The van der Waals surface area contributed by atoms with Gasteiger partial charge in [-0.1, -0.05) is 23.3 Å². The molecule has 0 radical (unpaired) electrons. The predicted octanol–water partition coefficient (Wildman–Crippen LogP) is 1.65. The first-order valence-electron chi connectivity index (χ1n) is 3.65. The zero-order valence-corrected chi connectivity index (χ0v) is 7.21. The third-order valence-electron chi connectivity index (χ3n) is 1.30. The van der Waals surface area contributed by atoms with Gasteiger partial charge in [0.2, 0.25) is 0 Å². The molecule has 0 atom stereocenters. The highest BCUT2D eigenvalue weighted by atomic mass is 16.5. The summed E-state index contributed by atoms with van der Waals surface area (Å²) in [6, 6.07) is 9.29. The molecule has 0 bridgehead atoms. The summed E-state index contributed by atoms with van der Waals surface area (Å²) < 4.78 is 4.69. The molecule has 1 aromatic rings. The molecule has 13 heavy (non-hydrogen) atoms. The van der Waals surface area contributed by atoms with Crippen molar-refractivity contribution in [1.82, 2.24) is 0 Å². The fraction of sp³-hybridized carbons (Fsp3) is 0.125. The van der Waals surface area contributed by atoms with Gasteiger partial charge in [-0.25, -0.2) is 0 Å². The number of benzene rings is 1. The Balaban J connectivity index is 2.69. The fourth-order valence-corrected chi connectivity index (χ4v) is 0.715. The van der Waals surface area contributed by atoms with Gasteiger partial charge >= 0.3 is 6.02 Å². The quantitative estimate of drug-likeness (QED) is 0.233. The molecule has 0 saturated heterocycles. The molecule has 2 N–H and O–H groups in total. The normalized spacial score (nSPS) is 11.9. The number of nitrogens with zero attached hydrogens (tertiary/aromatic N) is 3. The Morgan fingerprint density at radius 1 is 1.31 bits per heavy atom. The highest BCUT2D eigenvalue weighted by Gasteiger charge is 1.91. The van der Waals surface area contributed by atoms with E-state index in [-0.39, 0.29) is 6.02 Å². The SMILES string of the molecule is COC(N=Nc1ccccc1)=NN. The average molecular weight is 178 g/mol. The lowest BCUT2D eigenvalue weighted by Crippen LogP contribution is -1.99. The van der Waals surface area contributed by atoms with Crippen molar-refractivity contribution < 1.29 is 4.74 Å². The van der Waals surface area contributed by atoms with Gasteiger partial charge < -0.3 is 10.6 Å². The molecule has 0 saturated carbocycles. The fourth-order valence-electron chi connectivity index (χ4n) is 0.715. The summed E-state index contributed by atoms with van der Waals surface area (Å²) >= 11 is 0. The molecule has 1 rings (SSSR count). The molecule has 0 aliphatic rings. The van der Waals surface area contributed by atoms with Gasteiger partial charge in [0.05, 0.1) is 12.8 Å². The van der Waals surface area contributed by atoms with Crippen LogP contribution in [0, 0.1) is 0 Å². The molecule has 0 fully saturated rings. The Morgan fingerprint density at radius 3 is 2.54 bits per heavy atom. The summed E-state index contributed by atoms with van der Waals surface area (Å²) in [5.74, 6) is 4.96. The maximum atomic E-state index is 4.96. The third kappa shape index (κ3) is 2.90. The van der Waals surface area contributed by atoms with Crippen LogP contribution in [0.25, 0.3) is 0 Å². The standard InChI is InChI=1S/C8H10N4O/c1-13-8(10-9)12-11-7-5-3-2-4-6-7/h2-6H,9H2,1H3. The summed E-state index contributed by atoms with van der Waals surface area (Å²) in [6.45, 7) is 0. The summed E-state index contributed by atoms with van der Waals surface area (Å²) in [4.78, 5) is 0. The van der Waals surface area contributed by atoms with Crippen molar-refractivity contribution in [2.45, 2.75) is 0 Å². The molecule has 0 aliphatic carbocycles. The molecular formula is C8H10N4O. The van der Waals surface area contributed by atoms with Gasteiger partial charge in [0.1, 0.15) is 0 Å². The lowest BCUT2D eigenvalue weighted by molar-refractivity contribution is 0.392. The molecule has 1 aromatic carbocycles. The van der Waals surface area contributed by atoms with Gasteiger partial charge in [-0.3, -0.25) is 0 Å². The number of hydrogen-bond donors (Lipinski definition) is 1. The molecule has 5 heteroatoms.